The minimum Gasteiger partial charge on any atom is -0.342 e. The average molecular weight is 285 g/mol. The van der Waals surface area contributed by atoms with Crippen LogP contribution in [0.5, 0.6) is 0 Å². The van der Waals surface area contributed by atoms with Gasteiger partial charge in [0.25, 0.3) is 0 Å². The lowest BCUT2D eigenvalue weighted by Gasteiger charge is -2.12. The molecule has 0 aliphatic rings. The molecule has 4 heteroatoms. The SMILES string of the molecule is CC(C)NCc1cccc2ccn(Cc3cncs3)c12. The maximum atomic E-state index is 4.16. The summed E-state index contributed by atoms with van der Waals surface area (Å²) in [5.41, 5.74) is 4.57. The summed E-state index contributed by atoms with van der Waals surface area (Å²) in [7, 11) is 0. The zero-order valence-corrected chi connectivity index (χ0v) is 12.7. The van der Waals surface area contributed by atoms with E-state index < -0.39 is 0 Å². The number of hydrogen-bond donors (Lipinski definition) is 1. The average Bonchev–Trinajstić information content (AvgIpc) is 3.07. The normalized spacial score (nSPS) is 11.6. The monoisotopic (exact) mass is 285 g/mol. The molecule has 0 fully saturated rings. The largest absolute Gasteiger partial charge is 0.342 e. The maximum Gasteiger partial charge on any atom is 0.0794 e. The van der Waals surface area contributed by atoms with Crippen LogP contribution in [0.4, 0.5) is 0 Å². The van der Waals surface area contributed by atoms with Gasteiger partial charge in [0.1, 0.15) is 0 Å². The molecule has 2 heterocycles. The van der Waals surface area contributed by atoms with Crippen LogP contribution in [0.25, 0.3) is 10.9 Å². The Morgan fingerprint density at radius 3 is 2.95 bits per heavy atom. The lowest BCUT2D eigenvalue weighted by atomic mass is 10.1. The second-order valence-corrected chi connectivity index (χ2v) is 6.27. The number of benzene rings is 1. The molecule has 0 atom stereocenters. The van der Waals surface area contributed by atoms with Crippen LogP contribution in [0.2, 0.25) is 0 Å². The molecule has 0 radical (unpaired) electrons. The molecule has 2 aromatic heterocycles. The fraction of sp³-hybridized carbons (Fsp3) is 0.312. The Labute approximate surface area is 123 Å². The molecular weight excluding hydrogens is 266 g/mol. The van der Waals surface area contributed by atoms with Crippen molar-refractivity contribution in [2.75, 3.05) is 0 Å². The molecule has 104 valence electrons. The first-order valence-electron chi connectivity index (χ1n) is 6.91. The molecule has 3 nitrogen and oxygen atoms in total. The van der Waals surface area contributed by atoms with E-state index in [9.17, 15) is 0 Å². The fourth-order valence-electron chi connectivity index (χ4n) is 2.42. The van der Waals surface area contributed by atoms with Gasteiger partial charge < -0.3 is 9.88 Å². The molecule has 0 spiro atoms. The molecular formula is C16H19N3S. The summed E-state index contributed by atoms with van der Waals surface area (Å²) in [6.45, 7) is 6.15. The van der Waals surface area contributed by atoms with Crippen molar-refractivity contribution in [3.05, 3.63) is 52.6 Å². The minimum atomic E-state index is 0.496. The van der Waals surface area contributed by atoms with Gasteiger partial charge in [-0.2, -0.15) is 0 Å². The maximum absolute atomic E-state index is 4.16. The summed E-state index contributed by atoms with van der Waals surface area (Å²) in [6.07, 6.45) is 4.12. The molecule has 1 aromatic carbocycles. The van der Waals surface area contributed by atoms with E-state index in [0.717, 1.165) is 13.1 Å². The van der Waals surface area contributed by atoms with Crippen molar-refractivity contribution in [3.8, 4) is 0 Å². The van der Waals surface area contributed by atoms with Crippen molar-refractivity contribution in [1.82, 2.24) is 14.9 Å². The van der Waals surface area contributed by atoms with Gasteiger partial charge in [0.2, 0.25) is 0 Å². The van der Waals surface area contributed by atoms with Gasteiger partial charge in [-0.1, -0.05) is 32.0 Å². The van der Waals surface area contributed by atoms with E-state index in [1.807, 2.05) is 11.7 Å². The molecule has 0 bridgehead atoms. The quantitative estimate of drug-likeness (QED) is 0.775. The predicted molar refractivity (Wildman–Crippen MR) is 85.1 cm³/mol. The van der Waals surface area contributed by atoms with Crippen molar-refractivity contribution < 1.29 is 0 Å². The Morgan fingerprint density at radius 1 is 1.30 bits per heavy atom. The first-order chi connectivity index (χ1) is 9.74. The highest BCUT2D eigenvalue weighted by atomic mass is 32.1. The summed E-state index contributed by atoms with van der Waals surface area (Å²) < 4.78 is 2.32. The third-order valence-electron chi connectivity index (χ3n) is 3.38. The minimum absolute atomic E-state index is 0.496. The zero-order chi connectivity index (χ0) is 13.9. The molecule has 3 aromatic rings. The number of hydrogen-bond acceptors (Lipinski definition) is 3. The Hall–Kier alpha value is -1.65. The van der Waals surface area contributed by atoms with Crippen LogP contribution < -0.4 is 5.32 Å². The van der Waals surface area contributed by atoms with Gasteiger partial charge in [-0.15, -0.1) is 11.3 Å². The lowest BCUT2D eigenvalue weighted by Crippen LogP contribution is -2.22. The van der Waals surface area contributed by atoms with Gasteiger partial charge >= 0.3 is 0 Å². The topological polar surface area (TPSA) is 29.9 Å². The van der Waals surface area contributed by atoms with Crippen LogP contribution in [0, 0.1) is 0 Å². The third-order valence-corrected chi connectivity index (χ3v) is 4.15. The van der Waals surface area contributed by atoms with Crippen LogP contribution in [-0.2, 0) is 13.1 Å². The highest BCUT2D eigenvalue weighted by Gasteiger charge is 2.08. The van der Waals surface area contributed by atoms with Crippen LogP contribution in [0.3, 0.4) is 0 Å². The summed E-state index contributed by atoms with van der Waals surface area (Å²) >= 11 is 1.71. The third kappa shape index (κ3) is 2.76. The number of nitrogens with zero attached hydrogens (tertiary/aromatic N) is 2. The zero-order valence-electron chi connectivity index (χ0n) is 11.8. The molecule has 1 N–H and O–H groups in total. The van der Waals surface area contributed by atoms with Crippen LogP contribution in [0.1, 0.15) is 24.3 Å². The van der Waals surface area contributed by atoms with Crippen molar-refractivity contribution in [1.29, 1.82) is 0 Å². The Morgan fingerprint density at radius 2 is 2.20 bits per heavy atom. The van der Waals surface area contributed by atoms with Gasteiger partial charge in [0.05, 0.1) is 17.6 Å². The number of fused-ring (bicyclic) bond motifs is 1. The number of aromatic nitrogens is 2. The molecule has 0 aliphatic carbocycles. The second kappa shape index (κ2) is 5.77. The van der Waals surface area contributed by atoms with E-state index in [1.165, 1.54) is 21.3 Å². The molecule has 0 unspecified atom stereocenters. The summed E-state index contributed by atoms with van der Waals surface area (Å²) in [5.74, 6) is 0. The van der Waals surface area contributed by atoms with Gasteiger partial charge in [-0.3, -0.25) is 4.98 Å². The van der Waals surface area contributed by atoms with Crippen LogP contribution >= 0.6 is 11.3 Å². The van der Waals surface area contributed by atoms with E-state index >= 15 is 0 Å². The molecule has 0 saturated carbocycles. The predicted octanol–water partition coefficient (Wildman–Crippen LogP) is 3.64. The van der Waals surface area contributed by atoms with Gasteiger partial charge in [-0.05, 0) is 17.0 Å². The number of nitrogens with one attached hydrogen (secondary N) is 1. The summed E-state index contributed by atoms with van der Waals surface area (Å²) in [5, 5.41) is 4.81. The number of rotatable bonds is 5. The van der Waals surface area contributed by atoms with E-state index in [0.29, 0.717) is 6.04 Å². The second-order valence-electron chi connectivity index (χ2n) is 5.30. The smallest absolute Gasteiger partial charge is 0.0794 e. The van der Waals surface area contributed by atoms with Gasteiger partial charge in [0.15, 0.2) is 0 Å². The molecule has 0 saturated heterocycles. The van der Waals surface area contributed by atoms with Crippen molar-refractivity contribution in [2.24, 2.45) is 0 Å². The van der Waals surface area contributed by atoms with E-state index in [4.69, 9.17) is 0 Å². The first-order valence-corrected chi connectivity index (χ1v) is 7.79. The van der Waals surface area contributed by atoms with Crippen LogP contribution in [-0.4, -0.2) is 15.6 Å². The van der Waals surface area contributed by atoms with Crippen molar-refractivity contribution in [2.45, 2.75) is 33.0 Å². The highest BCUT2D eigenvalue weighted by molar-refractivity contribution is 7.09. The van der Waals surface area contributed by atoms with Crippen LogP contribution in [0.15, 0.2) is 42.2 Å². The lowest BCUT2D eigenvalue weighted by molar-refractivity contribution is 0.589. The van der Waals surface area contributed by atoms with Crippen molar-refractivity contribution >= 4 is 22.2 Å². The number of para-hydroxylation sites is 1. The molecule has 0 amide bonds. The highest BCUT2D eigenvalue weighted by Crippen LogP contribution is 2.22. The Kier molecular flexibility index (Phi) is 3.85. The van der Waals surface area contributed by atoms with Gasteiger partial charge in [-0.25, -0.2) is 0 Å². The summed E-state index contributed by atoms with van der Waals surface area (Å²) in [4.78, 5) is 5.44. The molecule has 0 aliphatic heterocycles. The number of thiazole rings is 1. The van der Waals surface area contributed by atoms with E-state index in [2.05, 4.69) is 59.2 Å². The molecule has 3 rings (SSSR count). The first kappa shape index (κ1) is 13.3. The fourth-order valence-corrected chi connectivity index (χ4v) is 3.01. The Bertz CT molecular complexity index is 683. The standard InChI is InChI=1S/C16H19N3S/c1-12(2)18-8-14-5-3-4-13-6-7-19(16(13)14)10-15-9-17-11-20-15/h3-7,9,11-12,18H,8,10H2,1-2H3. The Balaban J connectivity index is 1.96. The summed E-state index contributed by atoms with van der Waals surface area (Å²) in [6, 6.07) is 9.21. The molecule has 20 heavy (non-hydrogen) atoms. The van der Waals surface area contributed by atoms with E-state index in [1.54, 1.807) is 11.3 Å². The van der Waals surface area contributed by atoms with Gasteiger partial charge in [0, 0.05) is 29.9 Å². The van der Waals surface area contributed by atoms with Crippen molar-refractivity contribution in [3.63, 3.8) is 0 Å². The van der Waals surface area contributed by atoms with E-state index in [-0.39, 0.29) is 0 Å².